The molecule has 0 amide bonds. The Morgan fingerprint density at radius 2 is 1.08 bits per heavy atom. The molecular weight excluding hydrogens is 312 g/mol. The number of rotatable bonds is 16. The second-order valence-corrected chi connectivity index (χ2v) is 7.96. The molecule has 0 aromatic heterocycles. The van der Waals surface area contributed by atoms with Crippen LogP contribution in [-0.2, 0) is 14.3 Å². The van der Waals surface area contributed by atoms with Gasteiger partial charge in [0.15, 0.2) is 0 Å². The maximum absolute atomic E-state index is 12.3. The molecule has 1 atom stereocenters. The largest absolute Gasteiger partial charge is 0.393 e. The highest BCUT2D eigenvalue weighted by atomic mass is 16.6. The van der Waals surface area contributed by atoms with Crippen LogP contribution >= 0.6 is 0 Å². The summed E-state index contributed by atoms with van der Waals surface area (Å²) in [5.74, 6) is -0.554. The maximum atomic E-state index is 12.3. The monoisotopic (exact) mass is 352 g/mol. The first-order chi connectivity index (χ1) is 12.1. The third-order valence-corrected chi connectivity index (χ3v) is 5.64. The molecule has 0 aromatic carbocycles. The van der Waals surface area contributed by atoms with Gasteiger partial charge in [0, 0.05) is 0 Å². The predicted octanol–water partition coefficient (Wildman–Crippen LogP) is 6.73. The summed E-state index contributed by atoms with van der Waals surface area (Å²) >= 11 is 0. The molecule has 3 heteroatoms. The molecule has 0 saturated carbocycles. The van der Waals surface area contributed by atoms with Crippen molar-refractivity contribution in [1.82, 2.24) is 0 Å². The first-order valence-electron chi connectivity index (χ1n) is 10.9. The average molecular weight is 353 g/mol. The number of unbranched alkanes of at least 4 members (excludes halogenated alkanes) is 12. The van der Waals surface area contributed by atoms with Crippen molar-refractivity contribution >= 4 is 11.9 Å². The zero-order valence-corrected chi connectivity index (χ0v) is 16.7. The summed E-state index contributed by atoms with van der Waals surface area (Å²) in [6, 6.07) is 0. The molecule has 0 spiro atoms. The molecule has 1 fully saturated rings. The minimum absolute atomic E-state index is 0.243. The van der Waals surface area contributed by atoms with Gasteiger partial charge in [0.2, 0.25) is 0 Å². The quantitative estimate of drug-likeness (QED) is 0.176. The topological polar surface area (TPSA) is 43.4 Å². The van der Waals surface area contributed by atoms with Gasteiger partial charge in [-0.2, -0.15) is 0 Å². The van der Waals surface area contributed by atoms with Gasteiger partial charge in [0.05, 0.1) is 11.8 Å². The van der Waals surface area contributed by atoms with Crippen molar-refractivity contribution in [2.24, 2.45) is 5.41 Å². The van der Waals surface area contributed by atoms with E-state index in [1.165, 1.54) is 70.6 Å². The van der Waals surface area contributed by atoms with Crippen molar-refractivity contribution < 1.29 is 14.3 Å². The standard InChI is InChI=1S/C22H40O3/c1-3-5-7-9-10-11-12-14-16-18-22(17-15-13-8-6-4-2)19-20(23)25-21(22)24/h3-19H2,1-2H3. The molecule has 0 N–H and O–H groups in total. The average Bonchev–Trinajstić information content (AvgIpc) is 2.87. The molecule has 3 nitrogen and oxygen atoms in total. The third kappa shape index (κ3) is 8.87. The van der Waals surface area contributed by atoms with Crippen molar-refractivity contribution in [3.8, 4) is 0 Å². The number of esters is 2. The van der Waals surface area contributed by atoms with E-state index >= 15 is 0 Å². The lowest BCUT2D eigenvalue weighted by atomic mass is 9.76. The Morgan fingerprint density at radius 3 is 1.44 bits per heavy atom. The summed E-state index contributed by atoms with van der Waals surface area (Å²) < 4.78 is 4.91. The molecule has 0 radical (unpaired) electrons. The Labute approximate surface area is 155 Å². The van der Waals surface area contributed by atoms with Crippen molar-refractivity contribution in [2.45, 2.75) is 123 Å². The van der Waals surface area contributed by atoms with Crippen molar-refractivity contribution in [3.63, 3.8) is 0 Å². The molecule has 25 heavy (non-hydrogen) atoms. The molecule has 0 aliphatic carbocycles. The number of hydrogen-bond acceptors (Lipinski definition) is 3. The van der Waals surface area contributed by atoms with Crippen LogP contribution in [0.1, 0.15) is 123 Å². The van der Waals surface area contributed by atoms with Crippen LogP contribution in [-0.4, -0.2) is 11.9 Å². The normalized spacial score (nSPS) is 20.2. The van der Waals surface area contributed by atoms with Crippen LogP contribution in [0.4, 0.5) is 0 Å². The third-order valence-electron chi connectivity index (χ3n) is 5.64. The molecule has 1 unspecified atom stereocenters. The summed E-state index contributed by atoms with van der Waals surface area (Å²) in [4.78, 5) is 23.9. The Bertz CT molecular complexity index is 377. The SMILES string of the molecule is CCCCCCCCCCCC1(CCCCCCC)CC(=O)OC1=O. The molecule has 0 aromatic rings. The summed E-state index contributed by atoms with van der Waals surface area (Å²) in [6.07, 6.45) is 19.4. The van der Waals surface area contributed by atoms with Crippen molar-refractivity contribution in [2.75, 3.05) is 0 Å². The molecule has 1 heterocycles. The van der Waals surface area contributed by atoms with Gasteiger partial charge in [0.25, 0.3) is 0 Å². The molecular formula is C22H40O3. The highest BCUT2D eigenvalue weighted by molar-refractivity contribution is 5.97. The molecule has 1 aliphatic rings. The Kier molecular flexibility index (Phi) is 11.9. The van der Waals surface area contributed by atoms with E-state index in [4.69, 9.17) is 4.74 Å². The van der Waals surface area contributed by atoms with Gasteiger partial charge in [-0.1, -0.05) is 104 Å². The van der Waals surface area contributed by atoms with E-state index in [2.05, 4.69) is 13.8 Å². The van der Waals surface area contributed by atoms with Gasteiger partial charge in [-0.15, -0.1) is 0 Å². The van der Waals surface area contributed by atoms with Gasteiger partial charge in [0.1, 0.15) is 0 Å². The van der Waals surface area contributed by atoms with Crippen LogP contribution in [0.5, 0.6) is 0 Å². The van der Waals surface area contributed by atoms with Crippen LogP contribution in [0.2, 0.25) is 0 Å². The number of carbonyl (C=O) groups excluding carboxylic acids is 2. The zero-order chi connectivity index (χ0) is 18.4. The van der Waals surface area contributed by atoms with E-state index in [0.29, 0.717) is 6.42 Å². The molecule has 1 aliphatic heterocycles. The number of cyclic esters (lactones) is 2. The fraction of sp³-hybridized carbons (Fsp3) is 0.909. The predicted molar refractivity (Wildman–Crippen MR) is 103 cm³/mol. The van der Waals surface area contributed by atoms with Crippen LogP contribution in [0, 0.1) is 5.41 Å². The van der Waals surface area contributed by atoms with Crippen molar-refractivity contribution in [1.29, 1.82) is 0 Å². The minimum Gasteiger partial charge on any atom is -0.393 e. The smallest absolute Gasteiger partial charge is 0.320 e. The van der Waals surface area contributed by atoms with Crippen LogP contribution in [0.3, 0.4) is 0 Å². The summed E-state index contributed by atoms with van der Waals surface area (Å²) in [7, 11) is 0. The summed E-state index contributed by atoms with van der Waals surface area (Å²) in [5.41, 5.74) is -0.496. The van der Waals surface area contributed by atoms with E-state index < -0.39 is 5.41 Å². The van der Waals surface area contributed by atoms with E-state index in [-0.39, 0.29) is 11.9 Å². The molecule has 0 bridgehead atoms. The lowest BCUT2D eigenvalue weighted by Crippen LogP contribution is -2.26. The zero-order valence-electron chi connectivity index (χ0n) is 16.7. The second kappa shape index (κ2) is 13.4. The Balaban J connectivity index is 2.23. The van der Waals surface area contributed by atoms with Gasteiger partial charge < -0.3 is 4.74 Å². The van der Waals surface area contributed by atoms with Gasteiger partial charge in [-0.3, -0.25) is 9.59 Å². The van der Waals surface area contributed by atoms with Gasteiger partial charge in [-0.25, -0.2) is 0 Å². The van der Waals surface area contributed by atoms with Crippen molar-refractivity contribution in [3.05, 3.63) is 0 Å². The fourth-order valence-corrected chi connectivity index (χ4v) is 3.94. The first kappa shape index (κ1) is 22.2. The summed E-state index contributed by atoms with van der Waals surface area (Å²) in [6.45, 7) is 4.46. The highest BCUT2D eigenvalue weighted by Crippen LogP contribution is 2.41. The first-order valence-corrected chi connectivity index (χ1v) is 10.9. The number of carbonyl (C=O) groups is 2. The minimum atomic E-state index is -0.496. The van der Waals surface area contributed by atoms with E-state index in [9.17, 15) is 9.59 Å². The lowest BCUT2D eigenvalue weighted by molar-refractivity contribution is -0.155. The lowest BCUT2D eigenvalue weighted by Gasteiger charge is -2.23. The van der Waals surface area contributed by atoms with E-state index in [0.717, 1.165) is 32.1 Å². The maximum Gasteiger partial charge on any atom is 0.320 e. The van der Waals surface area contributed by atoms with Crippen LogP contribution in [0.25, 0.3) is 0 Å². The van der Waals surface area contributed by atoms with E-state index in [1.54, 1.807) is 0 Å². The Morgan fingerprint density at radius 1 is 0.680 bits per heavy atom. The molecule has 1 rings (SSSR count). The van der Waals surface area contributed by atoms with Crippen LogP contribution in [0.15, 0.2) is 0 Å². The Hall–Kier alpha value is -0.860. The number of ether oxygens (including phenoxy) is 1. The summed E-state index contributed by atoms with van der Waals surface area (Å²) in [5, 5.41) is 0. The highest BCUT2D eigenvalue weighted by Gasteiger charge is 2.47. The van der Waals surface area contributed by atoms with E-state index in [1.807, 2.05) is 0 Å². The van der Waals surface area contributed by atoms with Crippen LogP contribution < -0.4 is 0 Å². The molecule has 1 saturated heterocycles. The second-order valence-electron chi connectivity index (χ2n) is 7.96. The van der Waals surface area contributed by atoms with Gasteiger partial charge >= 0.3 is 11.9 Å². The van der Waals surface area contributed by atoms with Gasteiger partial charge in [-0.05, 0) is 12.8 Å². The fourth-order valence-electron chi connectivity index (χ4n) is 3.94. The number of hydrogen-bond donors (Lipinski definition) is 0. The molecule has 146 valence electrons.